The second-order valence-electron chi connectivity index (χ2n) is 5.50. The molecule has 0 radical (unpaired) electrons. The van der Waals surface area contributed by atoms with Gasteiger partial charge in [-0.05, 0) is 51.4 Å². The van der Waals surface area contributed by atoms with E-state index in [4.69, 9.17) is 5.73 Å². The molecule has 2 atom stereocenters. The zero-order chi connectivity index (χ0) is 11.6. The molecule has 2 aliphatic heterocycles. The minimum Gasteiger partial charge on any atom is -0.388 e. The third kappa shape index (κ3) is 2.40. The summed E-state index contributed by atoms with van der Waals surface area (Å²) in [5, 5.41) is 10.9. The predicted octanol–water partition coefficient (Wildman–Crippen LogP) is 1.06. The van der Waals surface area contributed by atoms with Crippen LogP contribution in [0.3, 0.4) is 0 Å². The van der Waals surface area contributed by atoms with E-state index in [2.05, 4.69) is 11.9 Å². The van der Waals surface area contributed by atoms with Gasteiger partial charge < -0.3 is 15.7 Å². The lowest BCUT2D eigenvalue weighted by molar-refractivity contribution is -0.0428. The number of hydrogen-bond acceptors (Lipinski definition) is 4. The molecule has 0 aromatic rings. The van der Waals surface area contributed by atoms with Gasteiger partial charge in [0.2, 0.25) is 0 Å². The maximum Gasteiger partial charge on any atom is 0.0847 e. The van der Waals surface area contributed by atoms with Gasteiger partial charge in [0.15, 0.2) is 0 Å². The first-order valence-corrected chi connectivity index (χ1v) is 7.49. The van der Waals surface area contributed by atoms with Crippen molar-refractivity contribution in [2.45, 2.75) is 43.2 Å². The first-order chi connectivity index (χ1) is 7.56. The monoisotopic (exact) mass is 244 g/mol. The molecule has 2 rings (SSSR count). The highest BCUT2D eigenvalue weighted by Crippen LogP contribution is 2.39. The number of nitrogens with zero attached hydrogens (tertiary/aromatic N) is 1. The summed E-state index contributed by atoms with van der Waals surface area (Å²) in [5.74, 6) is 2.13. The van der Waals surface area contributed by atoms with Gasteiger partial charge in [-0.2, -0.15) is 11.8 Å². The summed E-state index contributed by atoms with van der Waals surface area (Å²) in [5.41, 5.74) is 5.51. The number of hydrogen-bond donors (Lipinski definition) is 2. The van der Waals surface area contributed by atoms with Crippen molar-refractivity contribution in [2.75, 3.05) is 31.6 Å². The highest BCUT2D eigenvalue weighted by molar-refractivity contribution is 7.99. The molecule has 16 heavy (non-hydrogen) atoms. The van der Waals surface area contributed by atoms with Gasteiger partial charge in [-0.3, -0.25) is 0 Å². The van der Waals surface area contributed by atoms with E-state index in [1.165, 1.54) is 5.75 Å². The first kappa shape index (κ1) is 12.7. The van der Waals surface area contributed by atoms with Crippen LogP contribution < -0.4 is 5.73 Å². The molecule has 0 bridgehead atoms. The van der Waals surface area contributed by atoms with Crippen molar-refractivity contribution in [2.24, 2.45) is 5.73 Å². The van der Waals surface area contributed by atoms with E-state index in [9.17, 15) is 5.11 Å². The molecule has 94 valence electrons. The second-order valence-corrected chi connectivity index (χ2v) is 6.61. The van der Waals surface area contributed by atoms with Crippen molar-refractivity contribution >= 4 is 11.8 Å². The Bertz CT molecular complexity index is 243. The summed E-state index contributed by atoms with van der Waals surface area (Å²) >= 11 is 1.90. The third-order valence-corrected chi connectivity index (χ3v) is 5.53. The molecule has 2 heterocycles. The topological polar surface area (TPSA) is 49.5 Å². The zero-order valence-corrected chi connectivity index (χ0v) is 11.1. The van der Waals surface area contributed by atoms with Crippen LogP contribution in [-0.2, 0) is 0 Å². The fourth-order valence-corrected chi connectivity index (χ4v) is 4.21. The minimum atomic E-state index is -0.634. The van der Waals surface area contributed by atoms with Crippen LogP contribution in [0.5, 0.6) is 0 Å². The largest absolute Gasteiger partial charge is 0.388 e. The van der Waals surface area contributed by atoms with E-state index in [1.54, 1.807) is 0 Å². The summed E-state index contributed by atoms with van der Waals surface area (Å²) in [7, 11) is 2.13. The van der Waals surface area contributed by atoms with E-state index >= 15 is 0 Å². The molecule has 2 unspecified atom stereocenters. The molecule has 2 aliphatic rings. The number of aliphatic hydroxyl groups is 1. The molecule has 0 amide bonds. The Kier molecular flexibility index (Phi) is 3.84. The van der Waals surface area contributed by atoms with Crippen molar-refractivity contribution in [3.8, 4) is 0 Å². The van der Waals surface area contributed by atoms with Gasteiger partial charge in [0.05, 0.1) is 11.1 Å². The minimum absolute atomic E-state index is 0.346. The van der Waals surface area contributed by atoms with Crippen molar-refractivity contribution in [1.82, 2.24) is 4.90 Å². The fraction of sp³-hybridized carbons (Fsp3) is 1.00. The average Bonchev–Trinajstić information content (AvgIpc) is 2.43. The summed E-state index contributed by atoms with van der Waals surface area (Å²) in [6.07, 6.45) is 4.91. The first-order valence-electron chi connectivity index (χ1n) is 6.33. The van der Waals surface area contributed by atoms with Crippen LogP contribution in [0.2, 0.25) is 0 Å². The van der Waals surface area contributed by atoms with Crippen LogP contribution in [0.1, 0.15) is 32.1 Å². The Morgan fingerprint density at radius 1 is 1.19 bits per heavy atom. The van der Waals surface area contributed by atoms with Crippen LogP contribution in [0.4, 0.5) is 0 Å². The highest BCUT2D eigenvalue weighted by Gasteiger charge is 2.48. The molecule has 4 heteroatoms. The van der Waals surface area contributed by atoms with E-state index in [-0.39, 0.29) is 5.54 Å². The zero-order valence-electron chi connectivity index (χ0n) is 10.2. The Morgan fingerprint density at radius 2 is 2.00 bits per heavy atom. The second kappa shape index (κ2) is 4.84. The number of nitrogens with two attached hydrogens (primary N) is 1. The van der Waals surface area contributed by atoms with Crippen molar-refractivity contribution < 1.29 is 5.11 Å². The molecule has 2 saturated heterocycles. The molecule has 0 aromatic heterocycles. The van der Waals surface area contributed by atoms with Crippen molar-refractivity contribution in [3.63, 3.8) is 0 Å². The fourth-order valence-electron chi connectivity index (χ4n) is 2.94. The number of likely N-dealkylation sites (tertiary alicyclic amines) is 1. The van der Waals surface area contributed by atoms with E-state index in [0.29, 0.717) is 0 Å². The average molecular weight is 244 g/mol. The summed E-state index contributed by atoms with van der Waals surface area (Å²) in [6, 6.07) is 0. The molecule has 2 fully saturated rings. The SMILES string of the molecule is CN1CCCC(O)(C2(N)CCCSC2)CC1. The van der Waals surface area contributed by atoms with Crippen LogP contribution in [0.15, 0.2) is 0 Å². The lowest BCUT2D eigenvalue weighted by Crippen LogP contribution is -2.63. The van der Waals surface area contributed by atoms with Crippen molar-refractivity contribution in [3.05, 3.63) is 0 Å². The Balaban J connectivity index is 2.09. The summed E-state index contributed by atoms with van der Waals surface area (Å²) < 4.78 is 0. The van der Waals surface area contributed by atoms with Crippen LogP contribution in [0, 0.1) is 0 Å². The Labute approximate surface area is 103 Å². The molecule has 3 nitrogen and oxygen atoms in total. The molecular weight excluding hydrogens is 220 g/mol. The normalized spacial score (nSPS) is 42.9. The Morgan fingerprint density at radius 3 is 2.69 bits per heavy atom. The lowest BCUT2D eigenvalue weighted by atomic mass is 9.74. The van der Waals surface area contributed by atoms with E-state index < -0.39 is 5.60 Å². The molecular formula is C12H24N2OS. The maximum atomic E-state index is 10.9. The van der Waals surface area contributed by atoms with Gasteiger partial charge in [0, 0.05) is 12.3 Å². The summed E-state index contributed by atoms with van der Waals surface area (Å²) in [4.78, 5) is 2.30. The van der Waals surface area contributed by atoms with Crippen LogP contribution in [-0.4, -0.2) is 52.8 Å². The number of thioether (sulfide) groups is 1. The maximum absolute atomic E-state index is 10.9. The van der Waals surface area contributed by atoms with Crippen LogP contribution in [0.25, 0.3) is 0 Å². The van der Waals surface area contributed by atoms with Gasteiger partial charge in [-0.15, -0.1) is 0 Å². The molecule has 0 spiro atoms. The molecule has 0 aliphatic carbocycles. The molecule has 3 N–H and O–H groups in total. The third-order valence-electron chi connectivity index (χ3n) is 4.24. The van der Waals surface area contributed by atoms with Crippen LogP contribution >= 0.6 is 11.8 Å². The molecule has 0 aromatic carbocycles. The van der Waals surface area contributed by atoms with Gasteiger partial charge in [-0.1, -0.05) is 0 Å². The lowest BCUT2D eigenvalue weighted by Gasteiger charge is -2.46. The number of rotatable bonds is 1. The van der Waals surface area contributed by atoms with E-state index in [0.717, 1.165) is 50.9 Å². The standard InChI is InChI=1S/C12H24N2OS/c1-14-7-2-5-12(15,6-8-14)11(13)4-3-9-16-10-11/h15H,2-10,13H2,1H3. The van der Waals surface area contributed by atoms with E-state index in [1.807, 2.05) is 11.8 Å². The van der Waals surface area contributed by atoms with Gasteiger partial charge in [-0.25, -0.2) is 0 Å². The predicted molar refractivity (Wildman–Crippen MR) is 69.8 cm³/mol. The van der Waals surface area contributed by atoms with Gasteiger partial charge in [0.1, 0.15) is 0 Å². The summed E-state index contributed by atoms with van der Waals surface area (Å²) in [6.45, 7) is 2.06. The quantitative estimate of drug-likeness (QED) is 0.724. The Hall–Kier alpha value is 0.230. The van der Waals surface area contributed by atoms with Crippen molar-refractivity contribution in [1.29, 1.82) is 0 Å². The molecule has 0 saturated carbocycles. The highest BCUT2D eigenvalue weighted by atomic mass is 32.2. The van der Waals surface area contributed by atoms with Gasteiger partial charge in [0.25, 0.3) is 0 Å². The van der Waals surface area contributed by atoms with Gasteiger partial charge >= 0.3 is 0 Å². The smallest absolute Gasteiger partial charge is 0.0847 e.